The van der Waals surface area contributed by atoms with Crippen LogP contribution in [0, 0.1) is 5.82 Å². The van der Waals surface area contributed by atoms with Crippen molar-refractivity contribution in [3.63, 3.8) is 0 Å². The number of rotatable bonds is 9. The fourth-order valence-electron chi connectivity index (χ4n) is 2.94. The first-order chi connectivity index (χ1) is 12.9. The molecule has 5 nitrogen and oxygen atoms in total. The van der Waals surface area contributed by atoms with Gasteiger partial charge in [-0.05, 0) is 62.0 Å². The van der Waals surface area contributed by atoms with Crippen LogP contribution in [-0.2, 0) is 11.2 Å². The van der Waals surface area contributed by atoms with Gasteiger partial charge in [0.15, 0.2) is 0 Å². The third-order valence-electron chi connectivity index (χ3n) is 4.46. The molecule has 0 bridgehead atoms. The summed E-state index contributed by atoms with van der Waals surface area (Å²) >= 11 is 0. The predicted molar refractivity (Wildman–Crippen MR) is 104 cm³/mol. The Morgan fingerprint density at radius 1 is 1.15 bits per heavy atom. The summed E-state index contributed by atoms with van der Waals surface area (Å²) in [6.07, 6.45) is 0.867. The van der Waals surface area contributed by atoms with Crippen molar-refractivity contribution in [3.8, 4) is 11.5 Å². The van der Waals surface area contributed by atoms with Crippen molar-refractivity contribution < 1.29 is 18.7 Å². The average molecular weight is 374 g/mol. The zero-order valence-electron chi connectivity index (χ0n) is 16.3. The van der Waals surface area contributed by atoms with Gasteiger partial charge in [-0.25, -0.2) is 4.39 Å². The molecule has 0 aromatic heterocycles. The van der Waals surface area contributed by atoms with Crippen LogP contribution >= 0.6 is 0 Å². The number of carbonyl (C=O) groups is 1. The Labute approximate surface area is 160 Å². The molecule has 0 radical (unpaired) electrons. The van der Waals surface area contributed by atoms with Gasteiger partial charge in [-0.2, -0.15) is 0 Å². The van der Waals surface area contributed by atoms with Gasteiger partial charge in [0.25, 0.3) is 0 Å². The van der Waals surface area contributed by atoms with E-state index in [0.29, 0.717) is 19.4 Å². The quantitative estimate of drug-likeness (QED) is 0.732. The highest BCUT2D eigenvalue weighted by Crippen LogP contribution is 2.25. The third kappa shape index (κ3) is 5.96. The summed E-state index contributed by atoms with van der Waals surface area (Å²) < 4.78 is 24.1. The Balaban J connectivity index is 1.95. The summed E-state index contributed by atoms with van der Waals surface area (Å²) in [6.45, 7) is 0.407. The lowest BCUT2D eigenvalue weighted by Crippen LogP contribution is -2.34. The number of carbonyl (C=O) groups excluding carboxylic acids is 1. The summed E-state index contributed by atoms with van der Waals surface area (Å²) in [6, 6.07) is 11.9. The number of benzene rings is 2. The number of hydrogen-bond acceptors (Lipinski definition) is 4. The standard InChI is InChI=1S/C21H27FN2O3/c1-24(2)19(15-6-5-7-17(22)12-15)14-23-21(25)11-8-16-13-18(26-3)9-10-20(16)27-4/h5-7,9-10,12-13,19H,8,11,14H2,1-4H3,(H,23,25)/t19-/m0/s1. The maximum absolute atomic E-state index is 13.5. The van der Waals surface area contributed by atoms with Crippen molar-refractivity contribution in [2.45, 2.75) is 18.9 Å². The summed E-state index contributed by atoms with van der Waals surface area (Å²) in [7, 11) is 7.02. The Kier molecular flexibility index (Phi) is 7.61. The Hall–Kier alpha value is -2.60. The van der Waals surface area contributed by atoms with E-state index in [1.165, 1.54) is 12.1 Å². The van der Waals surface area contributed by atoms with E-state index >= 15 is 0 Å². The second-order valence-electron chi connectivity index (χ2n) is 6.52. The van der Waals surface area contributed by atoms with Gasteiger partial charge in [0.1, 0.15) is 17.3 Å². The second kappa shape index (κ2) is 9.92. The van der Waals surface area contributed by atoms with E-state index in [1.54, 1.807) is 20.3 Å². The lowest BCUT2D eigenvalue weighted by Gasteiger charge is -2.25. The predicted octanol–water partition coefficient (Wildman–Crippen LogP) is 3.19. The van der Waals surface area contributed by atoms with Crippen molar-refractivity contribution in [1.29, 1.82) is 0 Å². The topological polar surface area (TPSA) is 50.8 Å². The maximum Gasteiger partial charge on any atom is 0.220 e. The van der Waals surface area contributed by atoms with E-state index in [9.17, 15) is 9.18 Å². The molecule has 1 amide bonds. The van der Waals surface area contributed by atoms with Crippen LogP contribution < -0.4 is 14.8 Å². The van der Waals surface area contributed by atoms with Crippen molar-refractivity contribution in [2.24, 2.45) is 0 Å². The van der Waals surface area contributed by atoms with Crippen LogP contribution in [0.15, 0.2) is 42.5 Å². The molecule has 146 valence electrons. The molecule has 0 aliphatic carbocycles. The Bertz CT molecular complexity index is 765. The minimum absolute atomic E-state index is 0.0665. The van der Waals surface area contributed by atoms with Gasteiger partial charge in [0, 0.05) is 13.0 Å². The van der Waals surface area contributed by atoms with Crippen LogP contribution in [0.1, 0.15) is 23.6 Å². The highest BCUT2D eigenvalue weighted by atomic mass is 19.1. The number of nitrogens with one attached hydrogen (secondary N) is 1. The highest BCUT2D eigenvalue weighted by Gasteiger charge is 2.16. The smallest absolute Gasteiger partial charge is 0.220 e. The molecule has 0 unspecified atom stereocenters. The molecular formula is C21H27FN2O3. The minimum Gasteiger partial charge on any atom is -0.497 e. The van der Waals surface area contributed by atoms with Gasteiger partial charge in [-0.15, -0.1) is 0 Å². The first-order valence-electron chi connectivity index (χ1n) is 8.84. The molecule has 0 heterocycles. The zero-order valence-corrected chi connectivity index (χ0v) is 16.3. The average Bonchev–Trinajstić information content (AvgIpc) is 2.66. The van der Waals surface area contributed by atoms with Crippen LogP contribution in [-0.4, -0.2) is 45.7 Å². The Morgan fingerprint density at radius 3 is 2.56 bits per heavy atom. The molecule has 2 aromatic carbocycles. The van der Waals surface area contributed by atoms with Gasteiger partial charge in [0.2, 0.25) is 5.91 Å². The molecule has 0 aliphatic heterocycles. The fourth-order valence-corrected chi connectivity index (χ4v) is 2.94. The molecule has 0 aliphatic rings. The van der Waals surface area contributed by atoms with Crippen molar-refractivity contribution in [2.75, 3.05) is 34.9 Å². The number of halogens is 1. The van der Waals surface area contributed by atoms with Crippen LogP contribution in [0.5, 0.6) is 11.5 Å². The van der Waals surface area contributed by atoms with Gasteiger partial charge < -0.3 is 19.7 Å². The first-order valence-corrected chi connectivity index (χ1v) is 8.84. The maximum atomic E-state index is 13.5. The molecule has 2 rings (SSSR count). The van der Waals surface area contributed by atoms with Crippen LogP contribution in [0.4, 0.5) is 4.39 Å². The summed E-state index contributed by atoms with van der Waals surface area (Å²) in [5, 5.41) is 2.94. The summed E-state index contributed by atoms with van der Waals surface area (Å²) in [5.74, 6) is 1.11. The van der Waals surface area contributed by atoms with E-state index < -0.39 is 0 Å². The van der Waals surface area contributed by atoms with Crippen molar-refractivity contribution in [3.05, 3.63) is 59.4 Å². The molecule has 2 aromatic rings. The van der Waals surface area contributed by atoms with Crippen LogP contribution in [0.25, 0.3) is 0 Å². The number of ether oxygens (including phenoxy) is 2. The normalized spacial score (nSPS) is 11.9. The Morgan fingerprint density at radius 2 is 1.93 bits per heavy atom. The number of methoxy groups -OCH3 is 2. The molecule has 0 spiro atoms. The first kappa shape index (κ1) is 20.7. The third-order valence-corrected chi connectivity index (χ3v) is 4.46. The van der Waals surface area contributed by atoms with E-state index in [1.807, 2.05) is 43.3 Å². The molecule has 0 fully saturated rings. The molecular weight excluding hydrogens is 347 g/mol. The van der Waals surface area contributed by atoms with E-state index in [0.717, 1.165) is 22.6 Å². The molecule has 0 saturated heterocycles. The lowest BCUT2D eigenvalue weighted by atomic mass is 10.1. The number of hydrogen-bond donors (Lipinski definition) is 1. The SMILES string of the molecule is COc1ccc(OC)c(CCC(=O)NC[C@@H](c2cccc(F)c2)N(C)C)c1. The van der Waals surface area contributed by atoms with Gasteiger partial charge in [-0.1, -0.05) is 12.1 Å². The number of likely N-dealkylation sites (N-methyl/N-ethyl adjacent to an activating group) is 1. The van der Waals surface area contributed by atoms with Gasteiger partial charge >= 0.3 is 0 Å². The number of aryl methyl sites for hydroxylation is 1. The van der Waals surface area contributed by atoms with Gasteiger partial charge in [-0.3, -0.25) is 4.79 Å². The van der Waals surface area contributed by atoms with E-state index in [2.05, 4.69) is 5.32 Å². The molecule has 6 heteroatoms. The van der Waals surface area contributed by atoms with Gasteiger partial charge in [0.05, 0.1) is 20.3 Å². The van der Waals surface area contributed by atoms with Crippen LogP contribution in [0.3, 0.4) is 0 Å². The van der Waals surface area contributed by atoms with E-state index in [-0.39, 0.29) is 17.8 Å². The largest absolute Gasteiger partial charge is 0.497 e. The number of amides is 1. The van der Waals surface area contributed by atoms with Crippen molar-refractivity contribution in [1.82, 2.24) is 10.2 Å². The molecule has 27 heavy (non-hydrogen) atoms. The lowest BCUT2D eigenvalue weighted by molar-refractivity contribution is -0.121. The van der Waals surface area contributed by atoms with Crippen molar-refractivity contribution >= 4 is 5.91 Å². The molecule has 0 saturated carbocycles. The fraction of sp³-hybridized carbons (Fsp3) is 0.381. The summed E-state index contributed by atoms with van der Waals surface area (Å²) in [5.41, 5.74) is 1.75. The highest BCUT2D eigenvalue weighted by molar-refractivity contribution is 5.76. The monoisotopic (exact) mass is 374 g/mol. The summed E-state index contributed by atoms with van der Waals surface area (Å²) in [4.78, 5) is 14.3. The minimum atomic E-state index is -0.282. The second-order valence-corrected chi connectivity index (χ2v) is 6.52. The number of nitrogens with zero attached hydrogens (tertiary/aromatic N) is 1. The van der Waals surface area contributed by atoms with E-state index in [4.69, 9.17) is 9.47 Å². The molecule has 1 atom stereocenters. The van der Waals surface area contributed by atoms with Crippen LogP contribution in [0.2, 0.25) is 0 Å². The zero-order chi connectivity index (χ0) is 19.8. The molecule has 1 N–H and O–H groups in total.